The summed E-state index contributed by atoms with van der Waals surface area (Å²) in [7, 11) is 0. The summed E-state index contributed by atoms with van der Waals surface area (Å²) in [5.74, 6) is 0.0770. The first-order chi connectivity index (χ1) is 13.6. The molecule has 0 atom stereocenters. The number of hydrogen-bond donors (Lipinski definition) is 1. The summed E-state index contributed by atoms with van der Waals surface area (Å²) in [6.45, 7) is 7.85. The predicted molar refractivity (Wildman–Crippen MR) is 109 cm³/mol. The lowest BCUT2D eigenvalue weighted by Crippen LogP contribution is -2.51. The van der Waals surface area contributed by atoms with Crippen LogP contribution in [0.1, 0.15) is 36.3 Å². The molecule has 1 aromatic heterocycles. The third kappa shape index (κ3) is 4.59. The highest BCUT2D eigenvalue weighted by Crippen LogP contribution is 2.18. The van der Waals surface area contributed by atoms with Crippen molar-refractivity contribution in [3.63, 3.8) is 0 Å². The Kier molecular flexibility index (Phi) is 6.81. The summed E-state index contributed by atoms with van der Waals surface area (Å²) < 4.78 is 1.85. The second kappa shape index (κ2) is 9.50. The van der Waals surface area contributed by atoms with E-state index in [1.54, 1.807) is 6.20 Å². The number of piperazine rings is 1. The van der Waals surface area contributed by atoms with Gasteiger partial charge in [0.25, 0.3) is 5.91 Å². The standard InChI is InChI=1S/C21H29N5O2/c1-3-10-22-20(27)16-24-11-13-25(14-12-24)21(28)18-15-23-26(19(18)4-2)17-8-6-5-7-9-17/h5-9,15H,3-4,10-14,16H2,1-2H3,(H,22,27). The fourth-order valence-corrected chi connectivity index (χ4v) is 3.49. The Morgan fingerprint density at radius 1 is 1.07 bits per heavy atom. The van der Waals surface area contributed by atoms with Crippen LogP contribution < -0.4 is 5.32 Å². The molecule has 28 heavy (non-hydrogen) atoms. The number of carbonyl (C=O) groups is 2. The van der Waals surface area contributed by atoms with Gasteiger partial charge in [0.15, 0.2) is 0 Å². The summed E-state index contributed by atoms with van der Waals surface area (Å²) in [6.07, 6.45) is 3.34. The van der Waals surface area contributed by atoms with Crippen molar-refractivity contribution >= 4 is 11.8 Å². The number of nitrogens with zero attached hydrogens (tertiary/aromatic N) is 4. The van der Waals surface area contributed by atoms with Gasteiger partial charge in [-0.3, -0.25) is 14.5 Å². The van der Waals surface area contributed by atoms with E-state index in [1.165, 1.54) is 0 Å². The number of amides is 2. The van der Waals surface area contributed by atoms with Gasteiger partial charge in [0.05, 0.1) is 29.7 Å². The Labute approximate surface area is 166 Å². The zero-order chi connectivity index (χ0) is 19.9. The van der Waals surface area contributed by atoms with Crippen LogP contribution in [0.4, 0.5) is 0 Å². The van der Waals surface area contributed by atoms with Crippen LogP contribution >= 0.6 is 0 Å². The predicted octanol–water partition coefficient (Wildman–Crippen LogP) is 1.72. The van der Waals surface area contributed by atoms with Gasteiger partial charge in [0.2, 0.25) is 5.91 Å². The Bertz CT molecular complexity index is 794. The molecule has 1 N–H and O–H groups in total. The lowest BCUT2D eigenvalue weighted by atomic mass is 10.1. The zero-order valence-electron chi connectivity index (χ0n) is 16.7. The van der Waals surface area contributed by atoms with Gasteiger partial charge in [-0.25, -0.2) is 4.68 Å². The van der Waals surface area contributed by atoms with Crippen molar-refractivity contribution in [2.24, 2.45) is 0 Å². The van der Waals surface area contributed by atoms with Crippen LogP contribution in [-0.4, -0.2) is 70.7 Å². The number of carbonyl (C=O) groups excluding carboxylic acids is 2. The van der Waals surface area contributed by atoms with E-state index in [2.05, 4.69) is 15.3 Å². The normalized spacial score (nSPS) is 14.9. The first-order valence-electron chi connectivity index (χ1n) is 10.0. The number of nitrogens with one attached hydrogen (secondary N) is 1. The molecular formula is C21H29N5O2. The van der Waals surface area contributed by atoms with Gasteiger partial charge in [-0.2, -0.15) is 5.10 Å². The molecule has 1 aliphatic heterocycles. The van der Waals surface area contributed by atoms with Gasteiger partial charge >= 0.3 is 0 Å². The monoisotopic (exact) mass is 383 g/mol. The first kappa shape index (κ1) is 20.1. The molecular weight excluding hydrogens is 354 g/mol. The third-order valence-electron chi connectivity index (χ3n) is 5.03. The Morgan fingerprint density at radius 3 is 2.43 bits per heavy atom. The van der Waals surface area contributed by atoms with E-state index in [0.717, 1.165) is 24.2 Å². The minimum atomic E-state index is 0.0223. The fourth-order valence-electron chi connectivity index (χ4n) is 3.49. The van der Waals surface area contributed by atoms with Gasteiger partial charge in [0.1, 0.15) is 0 Å². The molecule has 0 aliphatic carbocycles. The number of rotatable bonds is 7. The number of hydrogen-bond acceptors (Lipinski definition) is 4. The summed E-state index contributed by atoms with van der Waals surface area (Å²) in [5.41, 5.74) is 2.55. The topological polar surface area (TPSA) is 70.5 Å². The maximum absolute atomic E-state index is 13.1. The molecule has 2 amide bonds. The van der Waals surface area contributed by atoms with Gasteiger partial charge in [-0.05, 0) is 25.0 Å². The van der Waals surface area contributed by atoms with Crippen molar-refractivity contribution in [2.75, 3.05) is 39.3 Å². The van der Waals surface area contributed by atoms with Crippen LogP contribution in [0, 0.1) is 0 Å². The van der Waals surface area contributed by atoms with E-state index in [0.29, 0.717) is 44.8 Å². The Morgan fingerprint density at radius 2 is 1.79 bits per heavy atom. The van der Waals surface area contributed by atoms with Crippen LogP contribution in [-0.2, 0) is 11.2 Å². The SMILES string of the molecule is CCCNC(=O)CN1CCN(C(=O)c2cnn(-c3ccccc3)c2CC)CC1. The largest absolute Gasteiger partial charge is 0.355 e. The highest BCUT2D eigenvalue weighted by atomic mass is 16.2. The van der Waals surface area contributed by atoms with Crippen LogP contribution in [0.2, 0.25) is 0 Å². The Balaban J connectivity index is 1.63. The van der Waals surface area contributed by atoms with Crippen LogP contribution in [0.15, 0.2) is 36.5 Å². The molecule has 0 radical (unpaired) electrons. The lowest BCUT2D eigenvalue weighted by molar-refractivity contribution is -0.122. The highest BCUT2D eigenvalue weighted by molar-refractivity contribution is 5.95. The number of aromatic nitrogens is 2. The van der Waals surface area contributed by atoms with Crippen molar-refractivity contribution in [1.82, 2.24) is 24.9 Å². The summed E-state index contributed by atoms with van der Waals surface area (Å²) in [6, 6.07) is 9.87. The summed E-state index contributed by atoms with van der Waals surface area (Å²) in [5, 5.41) is 7.36. The van der Waals surface area contributed by atoms with Crippen LogP contribution in [0.3, 0.4) is 0 Å². The smallest absolute Gasteiger partial charge is 0.257 e. The molecule has 7 nitrogen and oxygen atoms in total. The summed E-state index contributed by atoms with van der Waals surface area (Å²) in [4.78, 5) is 28.9. The molecule has 0 spiro atoms. The van der Waals surface area contributed by atoms with Crippen molar-refractivity contribution in [2.45, 2.75) is 26.7 Å². The van der Waals surface area contributed by atoms with E-state index in [9.17, 15) is 9.59 Å². The second-order valence-electron chi connectivity index (χ2n) is 7.02. The van der Waals surface area contributed by atoms with Crippen molar-refractivity contribution in [3.05, 3.63) is 47.8 Å². The van der Waals surface area contributed by atoms with E-state index < -0.39 is 0 Å². The fraction of sp³-hybridized carbons (Fsp3) is 0.476. The molecule has 150 valence electrons. The minimum absolute atomic E-state index is 0.0223. The molecule has 7 heteroatoms. The number of benzene rings is 1. The maximum Gasteiger partial charge on any atom is 0.257 e. The van der Waals surface area contributed by atoms with Gasteiger partial charge < -0.3 is 10.2 Å². The van der Waals surface area contributed by atoms with Gasteiger partial charge in [0, 0.05) is 32.7 Å². The average molecular weight is 383 g/mol. The van der Waals surface area contributed by atoms with Gasteiger partial charge in [-0.15, -0.1) is 0 Å². The van der Waals surface area contributed by atoms with Gasteiger partial charge in [-0.1, -0.05) is 32.0 Å². The molecule has 1 aromatic carbocycles. The van der Waals surface area contributed by atoms with E-state index >= 15 is 0 Å². The lowest BCUT2D eigenvalue weighted by Gasteiger charge is -2.34. The van der Waals surface area contributed by atoms with Crippen LogP contribution in [0.25, 0.3) is 5.69 Å². The van der Waals surface area contributed by atoms with Crippen molar-refractivity contribution in [3.8, 4) is 5.69 Å². The molecule has 3 rings (SSSR count). The van der Waals surface area contributed by atoms with E-state index in [1.807, 2.05) is 53.8 Å². The van der Waals surface area contributed by atoms with E-state index in [4.69, 9.17) is 0 Å². The average Bonchev–Trinajstić information content (AvgIpc) is 3.17. The molecule has 0 bridgehead atoms. The van der Waals surface area contributed by atoms with Crippen molar-refractivity contribution in [1.29, 1.82) is 0 Å². The molecule has 0 unspecified atom stereocenters. The molecule has 2 heterocycles. The Hall–Kier alpha value is -2.67. The summed E-state index contributed by atoms with van der Waals surface area (Å²) >= 11 is 0. The second-order valence-corrected chi connectivity index (χ2v) is 7.02. The quantitative estimate of drug-likeness (QED) is 0.790. The molecule has 1 saturated heterocycles. The maximum atomic E-state index is 13.1. The first-order valence-corrected chi connectivity index (χ1v) is 10.0. The van der Waals surface area contributed by atoms with Crippen molar-refractivity contribution < 1.29 is 9.59 Å². The van der Waals surface area contributed by atoms with E-state index in [-0.39, 0.29) is 11.8 Å². The highest BCUT2D eigenvalue weighted by Gasteiger charge is 2.26. The molecule has 1 aliphatic rings. The molecule has 1 fully saturated rings. The zero-order valence-corrected chi connectivity index (χ0v) is 16.7. The minimum Gasteiger partial charge on any atom is -0.355 e. The number of para-hydroxylation sites is 1. The molecule has 2 aromatic rings. The third-order valence-corrected chi connectivity index (χ3v) is 5.03. The molecule has 0 saturated carbocycles. The van der Waals surface area contributed by atoms with Crippen LogP contribution in [0.5, 0.6) is 0 Å².